The summed E-state index contributed by atoms with van der Waals surface area (Å²) in [5.74, 6) is 1.18. The van der Waals surface area contributed by atoms with Crippen molar-refractivity contribution in [2.75, 3.05) is 30.8 Å². The highest BCUT2D eigenvalue weighted by Gasteiger charge is 2.24. The molecule has 0 saturated heterocycles. The molecule has 2 aromatic heterocycles. The number of aryl methyl sites for hydroxylation is 1. The summed E-state index contributed by atoms with van der Waals surface area (Å²) in [5.41, 5.74) is 5.74. The number of likely N-dealkylation sites (N-methyl/N-ethyl adjacent to an activating group) is 2. The fraction of sp³-hybridized carbons (Fsp3) is 0.318. The van der Waals surface area contributed by atoms with Gasteiger partial charge < -0.3 is 15.1 Å². The van der Waals surface area contributed by atoms with Crippen LogP contribution in [0.3, 0.4) is 0 Å². The van der Waals surface area contributed by atoms with Gasteiger partial charge in [-0.15, -0.1) is 0 Å². The quantitative estimate of drug-likeness (QED) is 0.565. The van der Waals surface area contributed by atoms with Gasteiger partial charge in [-0.1, -0.05) is 30.3 Å². The smallest absolute Gasteiger partial charge is 0.330 e. The summed E-state index contributed by atoms with van der Waals surface area (Å²) in [6, 6.07) is 13.0. The van der Waals surface area contributed by atoms with Gasteiger partial charge in [0.1, 0.15) is 17.3 Å². The number of nitrogens with zero attached hydrogens (tertiary/aromatic N) is 3. The zero-order valence-electron chi connectivity index (χ0n) is 17.9. The summed E-state index contributed by atoms with van der Waals surface area (Å²) in [5, 5.41) is 0. The van der Waals surface area contributed by atoms with Crippen LogP contribution in [-0.2, 0) is 17.9 Å². The third kappa shape index (κ3) is 5.13. The van der Waals surface area contributed by atoms with E-state index in [1.54, 1.807) is 18.9 Å². The standard InChI is InChI=1S/C22H27N5O4/c1-4-26(18(28)14-25(3)13-17-11-10-15(2)31-17)19-20(23)27(22(30)24-21(19)29)12-16-8-6-5-7-9-16/h5-11H,4,12-14,23H2,1-3H3,(H,24,29,30). The van der Waals surface area contributed by atoms with Crippen LogP contribution in [0.4, 0.5) is 11.5 Å². The number of H-pyrrole nitrogens is 1. The number of nitrogens with two attached hydrogens (primary N) is 1. The maximum atomic E-state index is 13.0. The molecular formula is C22H27N5O4. The first-order valence-corrected chi connectivity index (χ1v) is 10.0. The SMILES string of the molecule is CCN(C(=O)CN(C)Cc1ccc(C)o1)c1c(N)n(Cc2ccccc2)c(=O)[nH]c1=O. The minimum Gasteiger partial charge on any atom is -0.465 e. The zero-order chi connectivity index (χ0) is 22.5. The first-order chi connectivity index (χ1) is 14.8. The number of aromatic nitrogens is 2. The molecule has 3 rings (SSSR count). The molecule has 31 heavy (non-hydrogen) atoms. The Morgan fingerprint density at radius 1 is 1.16 bits per heavy atom. The molecule has 3 N–H and O–H groups in total. The second-order valence-corrected chi connectivity index (χ2v) is 7.39. The summed E-state index contributed by atoms with van der Waals surface area (Å²) in [6.07, 6.45) is 0. The molecule has 1 aromatic carbocycles. The van der Waals surface area contributed by atoms with E-state index < -0.39 is 11.2 Å². The Hall–Kier alpha value is -3.59. The number of hydrogen-bond acceptors (Lipinski definition) is 6. The molecule has 0 saturated carbocycles. The topological polar surface area (TPSA) is 118 Å². The first kappa shape index (κ1) is 22.1. The van der Waals surface area contributed by atoms with Gasteiger partial charge >= 0.3 is 5.69 Å². The van der Waals surface area contributed by atoms with Gasteiger partial charge in [0, 0.05) is 6.54 Å². The van der Waals surface area contributed by atoms with Crippen molar-refractivity contribution < 1.29 is 9.21 Å². The maximum Gasteiger partial charge on any atom is 0.330 e. The highest BCUT2D eigenvalue weighted by atomic mass is 16.3. The third-order valence-corrected chi connectivity index (χ3v) is 4.91. The van der Waals surface area contributed by atoms with E-state index in [2.05, 4.69) is 4.98 Å². The number of anilines is 2. The number of nitrogen functional groups attached to an aromatic ring is 1. The van der Waals surface area contributed by atoms with E-state index in [9.17, 15) is 14.4 Å². The van der Waals surface area contributed by atoms with Gasteiger partial charge in [-0.3, -0.25) is 24.0 Å². The van der Waals surface area contributed by atoms with Crippen molar-refractivity contribution in [3.8, 4) is 0 Å². The summed E-state index contributed by atoms with van der Waals surface area (Å²) in [6.45, 7) is 4.50. The van der Waals surface area contributed by atoms with Gasteiger partial charge in [-0.25, -0.2) is 4.79 Å². The Labute approximate surface area is 179 Å². The average Bonchev–Trinajstić information content (AvgIpc) is 3.13. The van der Waals surface area contributed by atoms with Crippen LogP contribution in [0.5, 0.6) is 0 Å². The molecule has 0 radical (unpaired) electrons. The Bertz CT molecular complexity index is 1160. The minimum absolute atomic E-state index is 0.0229. The lowest BCUT2D eigenvalue weighted by Gasteiger charge is -2.25. The van der Waals surface area contributed by atoms with E-state index in [0.717, 1.165) is 17.1 Å². The van der Waals surface area contributed by atoms with Crippen molar-refractivity contribution in [3.05, 3.63) is 80.4 Å². The van der Waals surface area contributed by atoms with Crippen LogP contribution < -0.4 is 21.9 Å². The van der Waals surface area contributed by atoms with Crippen LogP contribution in [-0.4, -0.2) is 40.5 Å². The van der Waals surface area contributed by atoms with Crippen LogP contribution in [0.25, 0.3) is 0 Å². The van der Waals surface area contributed by atoms with E-state index in [1.807, 2.05) is 49.4 Å². The van der Waals surface area contributed by atoms with Crippen molar-refractivity contribution in [1.82, 2.24) is 14.5 Å². The lowest BCUT2D eigenvalue weighted by molar-refractivity contribution is -0.119. The minimum atomic E-state index is -0.689. The van der Waals surface area contributed by atoms with Gasteiger partial charge in [0.2, 0.25) is 5.91 Å². The third-order valence-electron chi connectivity index (χ3n) is 4.91. The van der Waals surface area contributed by atoms with Crippen LogP contribution >= 0.6 is 0 Å². The molecular weight excluding hydrogens is 398 g/mol. The summed E-state index contributed by atoms with van der Waals surface area (Å²) >= 11 is 0. The number of rotatable bonds is 8. The van der Waals surface area contributed by atoms with Gasteiger partial charge in [0.05, 0.1) is 19.6 Å². The normalized spacial score (nSPS) is 11.1. The number of benzene rings is 1. The Morgan fingerprint density at radius 2 is 1.87 bits per heavy atom. The van der Waals surface area contributed by atoms with E-state index >= 15 is 0 Å². The van der Waals surface area contributed by atoms with Crippen LogP contribution in [0.2, 0.25) is 0 Å². The Balaban J connectivity index is 1.86. The summed E-state index contributed by atoms with van der Waals surface area (Å²) in [7, 11) is 1.79. The highest BCUT2D eigenvalue weighted by Crippen LogP contribution is 2.18. The Kier molecular flexibility index (Phi) is 6.76. The molecule has 0 aliphatic heterocycles. The molecule has 0 aliphatic carbocycles. The van der Waals surface area contributed by atoms with Gasteiger partial charge in [0.25, 0.3) is 5.56 Å². The van der Waals surface area contributed by atoms with Crippen LogP contribution in [0, 0.1) is 6.92 Å². The average molecular weight is 425 g/mol. The van der Waals surface area contributed by atoms with Crippen molar-refractivity contribution in [3.63, 3.8) is 0 Å². The lowest BCUT2D eigenvalue weighted by atomic mass is 10.2. The van der Waals surface area contributed by atoms with Crippen molar-refractivity contribution in [2.45, 2.75) is 26.9 Å². The largest absolute Gasteiger partial charge is 0.465 e. The summed E-state index contributed by atoms with van der Waals surface area (Å²) in [4.78, 5) is 43.3. The molecule has 0 fully saturated rings. The number of carbonyl (C=O) groups excluding carboxylic acids is 1. The van der Waals surface area contributed by atoms with Crippen molar-refractivity contribution >= 4 is 17.4 Å². The number of aromatic amines is 1. The fourth-order valence-corrected chi connectivity index (χ4v) is 3.43. The number of carbonyl (C=O) groups is 1. The lowest BCUT2D eigenvalue weighted by Crippen LogP contribution is -2.44. The molecule has 1 amide bonds. The molecule has 0 atom stereocenters. The van der Waals surface area contributed by atoms with Crippen LogP contribution in [0.15, 0.2) is 56.5 Å². The van der Waals surface area contributed by atoms with E-state index in [1.165, 1.54) is 9.47 Å². The van der Waals surface area contributed by atoms with Crippen molar-refractivity contribution in [1.29, 1.82) is 0 Å². The maximum absolute atomic E-state index is 13.0. The summed E-state index contributed by atoms with van der Waals surface area (Å²) < 4.78 is 6.81. The molecule has 164 valence electrons. The molecule has 3 aromatic rings. The number of nitrogens with one attached hydrogen (secondary N) is 1. The van der Waals surface area contributed by atoms with E-state index in [0.29, 0.717) is 6.54 Å². The van der Waals surface area contributed by atoms with Crippen molar-refractivity contribution in [2.24, 2.45) is 0 Å². The van der Waals surface area contributed by atoms with E-state index in [-0.39, 0.29) is 37.0 Å². The Morgan fingerprint density at radius 3 is 2.48 bits per heavy atom. The van der Waals surface area contributed by atoms with Crippen LogP contribution in [0.1, 0.15) is 24.0 Å². The number of furan rings is 1. The van der Waals surface area contributed by atoms with Gasteiger partial charge in [0.15, 0.2) is 5.69 Å². The highest BCUT2D eigenvalue weighted by molar-refractivity contribution is 5.96. The molecule has 0 aliphatic rings. The van der Waals surface area contributed by atoms with Gasteiger partial charge in [-0.05, 0) is 38.6 Å². The molecule has 0 bridgehead atoms. The molecule has 9 heteroatoms. The fourth-order valence-electron chi connectivity index (χ4n) is 3.43. The predicted molar refractivity (Wildman–Crippen MR) is 119 cm³/mol. The molecule has 0 spiro atoms. The molecule has 0 unspecified atom stereocenters. The number of amides is 1. The molecule has 2 heterocycles. The number of hydrogen-bond donors (Lipinski definition) is 2. The first-order valence-electron chi connectivity index (χ1n) is 10.0. The second kappa shape index (κ2) is 9.48. The second-order valence-electron chi connectivity index (χ2n) is 7.39. The molecule has 9 nitrogen and oxygen atoms in total. The van der Waals surface area contributed by atoms with E-state index in [4.69, 9.17) is 10.2 Å². The monoisotopic (exact) mass is 425 g/mol. The zero-order valence-corrected chi connectivity index (χ0v) is 17.9. The predicted octanol–water partition coefficient (Wildman–Crippen LogP) is 1.55. The van der Waals surface area contributed by atoms with Gasteiger partial charge in [-0.2, -0.15) is 0 Å².